The summed E-state index contributed by atoms with van der Waals surface area (Å²) in [6, 6.07) is 1.03. The number of ether oxygens (including phenoxy) is 3. The molecule has 3 unspecified atom stereocenters. The van der Waals surface area contributed by atoms with Gasteiger partial charge in [0.15, 0.2) is 8.07 Å². The summed E-state index contributed by atoms with van der Waals surface area (Å²) < 4.78 is 22.5. The Kier molecular flexibility index (Phi) is 10.0. The number of hydrogen-bond donors (Lipinski definition) is 2. The molecule has 1 amide bonds. The molecule has 222 valence electrons. The van der Waals surface area contributed by atoms with Crippen LogP contribution in [0.15, 0.2) is 0 Å². The van der Waals surface area contributed by atoms with Gasteiger partial charge in [-0.2, -0.15) is 0 Å². The predicted molar refractivity (Wildman–Crippen MR) is 169 cm³/mol. The monoisotopic (exact) mass is 601 g/mol. The van der Waals surface area contributed by atoms with Crippen molar-refractivity contribution >= 4 is 38.4 Å². The van der Waals surface area contributed by atoms with E-state index in [0.717, 1.165) is 70.8 Å². The average molecular weight is 602 g/mol. The van der Waals surface area contributed by atoms with Crippen molar-refractivity contribution in [3.63, 3.8) is 0 Å². The average Bonchev–Trinajstić information content (AvgIpc) is 2.83. The lowest BCUT2D eigenvalue weighted by molar-refractivity contribution is -0.0485. The summed E-state index contributed by atoms with van der Waals surface area (Å²) in [7, 11) is -8.61. The van der Waals surface area contributed by atoms with E-state index < -0.39 is 38.4 Å². The molecule has 10 heteroatoms. The minimum Gasteiger partial charge on any atom is -0.465 e. The second kappa shape index (κ2) is 11.7. The molecule has 0 radical (unpaired) electrons. The third-order valence-corrected chi connectivity index (χ3v) is 36.0. The number of carbonyl (C=O) groups is 1. The summed E-state index contributed by atoms with van der Waals surface area (Å²) in [5.74, 6) is 0. The first-order valence-electron chi connectivity index (χ1n) is 15.4. The SMILES string of the molecule is C[Si](C)(C)C1([Si](CCCNC(=O)O)(C2([Si](C)(C)C)CCCCO2)C2([Si](C)(C)C)CCCCO2)CCCCO1. The molecule has 6 nitrogen and oxygen atoms in total. The molecule has 0 aliphatic carbocycles. The highest BCUT2D eigenvalue weighted by Gasteiger charge is 2.81. The second-order valence-electron chi connectivity index (χ2n) is 15.4. The quantitative estimate of drug-likeness (QED) is 0.205. The summed E-state index contributed by atoms with van der Waals surface area (Å²) in [6.45, 7) is 26.1. The van der Waals surface area contributed by atoms with Crippen LogP contribution in [0, 0.1) is 0 Å². The van der Waals surface area contributed by atoms with Crippen molar-refractivity contribution in [2.24, 2.45) is 0 Å². The Balaban J connectivity index is 2.49. The van der Waals surface area contributed by atoms with Crippen LogP contribution in [0.2, 0.25) is 65.0 Å². The molecule has 38 heavy (non-hydrogen) atoms. The number of carboxylic acid groups (broad SMARTS) is 1. The van der Waals surface area contributed by atoms with Gasteiger partial charge in [0.25, 0.3) is 0 Å². The largest absolute Gasteiger partial charge is 0.465 e. The normalized spacial score (nSPS) is 33.4. The van der Waals surface area contributed by atoms with Crippen molar-refractivity contribution in [2.45, 2.75) is 144 Å². The lowest BCUT2D eigenvalue weighted by atomic mass is 10.2. The summed E-state index contributed by atoms with van der Waals surface area (Å²) in [5, 5.41) is 12.2. The smallest absolute Gasteiger partial charge is 0.404 e. The van der Waals surface area contributed by atoms with Gasteiger partial charge in [-0.3, -0.25) is 0 Å². The molecule has 3 aliphatic rings. The van der Waals surface area contributed by atoms with Gasteiger partial charge in [-0.05, 0) is 70.3 Å². The lowest BCUT2D eigenvalue weighted by Crippen LogP contribution is -2.95. The van der Waals surface area contributed by atoms with E-state index in [1.165, 1.54) is 19.3 Å². The molecule has 3 saturated heterocycles. The van der Waals surface area contributed by atoms with Crippen LogP contribution in [0.4, 0.5) is 4.79 Å². The van der Waals surface area contributed by atoms with E-state index in [9.17, 15) is 9.90 Å². The van der Waals surface area contributed by atoms with Crippen LogP contribution in [0.3, 0.4) is 0 Å². The first kappa shape index (κ1) is 32.5. The molecule has 0 spiro atoms. The fourth-order valence-electron chi connectivity index (χ4n) is 9.22. The molecule has 0 aromatic heterocycles. The summed E-state index contributed by atoms with van der Waals surface area (Å²) in [5.41, 5.74) is 0. The van der Waals surface area contributed by atoms with Crippen LogP contribution in [0.25, 0.3) is 0 Å². The van der Waals surface area contributed by atoms with E-state index >= 15 is 0 Å². The maximum atomic E-state index is 11.5. The van der Waals surface area contributed by atoms with Gasteiger partial charge < -0.3 is 24.6 Å². The van der Waals surface area contributed by atoms with Crippen molar-refractivity contribution in [2.75, 3.05) is 26.4 Å². The van der Waals surface area contributed by atoms with Gasteiger partial charge in [-0.25, -0.2) is 4.79 Å². The molecule has 0 bridgehead atoms. The Bertz CT molecular complexity index is 711. The Hall–Kier alpha value is 0.0175. The second-order valence-corrected chi connectivity index (χ2v) is 37.5. The van der Waals surface area contributed by atoms with Crippen molar-refractivity contribution < 1.29 is 24.1 Å². The minimum absolute atomic E-state index is 0.156. The molecule has 0 aromatic carbocycles. The van der Waals surface area contributed by atoms with E-state index in [0.29, 0.717) is 6.54 Å². The van der Waals surface area contributed by atoms with E-state index in [1.807, 2.05) is 0 Å². The van der Waals surface area contributed by atoms with Crippen molar-refractivity contribution in [3.8, 4) is 0 Å². The summed E-state index contributed by atoms with van der Waals surface area (Å²) in [4.78, 5) is 11.1. The van der Waals surface area contributed by atoms with Gasteiger partial charge in [0, 0.05) is 26.4 Å². The third-order valence-electron chi connectivity index (χ3n) is 10.5. The van der Waals surface area contributed by atoms with Gasteiger partial charge in [0.1, 0.15) is 0 Å². The summed E-state index contributed by atoms with van der Waals surface area (Å²) >= 11 is 0. The van der Waals surface area contributed by atoms with Gasteiger partial charge >= 0.3 is 6.09 Å². The topological polar surface area (TPSA) is 77.0 Å². The van der Waals surface area contributed by atoms with E-state index in [1.54, 1.807) is 0 Å². The van der Waals surface area contributed by atoms with Gasteiger partial charge in [0.05, 0.1) is 38.8 Å². The third kappa shape index (κ3) is 5.22. The van der Waals surface area contributed by atoms with Crippen LogP contribution in [0.5, 0.6) is 0 Å². The highest BCUT2D eigenvalue weighted by atomic mass is 28.4. The highest BCUT2D eigenvalue weighted by molar-refractivity contribution is 7.15. The molecule has 0 aromatic rings. The van der Waals surface area contributed by atoms with Crippen LogP contribution in [-0.2, 0) is 14.2 Å². The van der Waals surface area contributed by atoms with Gasteiger partial charge in [-0.1, -0.05) is 58.9 Å². The zero-order chi connectivity index (χ0) is 28.5. The van der Waals surface area contributed by atoms with Gasteiger partial charge in [-0.15, -0.1) is 0 Å². The maximum Gasteiger partial charge on any atom is 0.404 e. The van der Waals surface area contributed by atoms with E-state index in [-0.39, 0.29) is 14.5 Å². The van der Waals surface area contributed by atoms with Crippen molar-refractivity contribution in [3.05, 3.63) is 0 Å². The molecular formula is C28H59NO5Si4. The minimum atomic E-state index is -2.74. The van der Waals surface area contributed by atoms with Crippen molar-refractivity contribution in [1.29, 1.82) is 0 Å². The van der Waals surface area contributed by atoms with Crippen LogP contribution in [-0.4, -0.2) is 84.4 Å². The fraction of sp³-hybridized carbons (Fsp3) is 0.964. The zero-order valence-electron chi connectivity index (χ0n) is 26.2. The summed E-state index contributed by atoms with van der Waals surface area (Å²) in [6.07, 6.45) is 10.4. The van der Waals surface area contributed by atoms with E-state index in [2.05, 4.69) is 64.2 Å². The standard InChI is InChI=1S/C28H59NO5Si4/c1-35(2,3)26(17-10-13-21-32-26)38(24-16-20-29-25(30)31,27(36(4,5)6)18-11-14-22-33-27)28(37(7,8)9)19-12-15-23-34-28/h29H,10-24H2,1-9H3,(H,30,31). The number of nitrogens with one attached hydrogen (secondary N) is 1. The number of rotatable bonds is 10. The zero-order valence-corrected chi connectivity index (χ0v) is 30.2. The molecule has 3 heterocycles. The lowest BCUT2D eigenvalue weighted by Gasteiger charge is -2.74. The number of amides is 1. The molecular weight excluding hydrogens is 543 g/mol. The molecule has 3 fully saturated rings. The van der Waals surface area contributed by atoms with Crippen LogP contribution < -0.4 is 5.32 Å². The number of hydrogen-bond acceptors (Lipinski definition) is 4. The molecule has 3 rings (SSSR count). The predicted octanol–water partition coefficient (Wildman–Crippen LogP) is 7.16. The Morgan fingerprint density at radius 3 is 1.24 bits per heavy atom. The first-order valence-corrected chi connectivity index (χ1v) is 28.1. The Morgan fingerprint density at radius 2 is 1.00 bits per heavy atom. The Labute approximate surface area is 237 Å². The van der Waals surface area contributed by atoms with Crippen LogP contribution in [0.1, 0.15) is 64.2 Å². The molecule has 3 aliphatic heterocycles. The maximum absolute atomic E-state index is 11.5. The fourth-order valence-corrected chi connectivity index (χ4v) is 41.6. The molecule has 3 atom stereocenters. The molecule has 2 N–H and O–H groups in total. The van der Waals surface area contributed by atoms with E-state index in [4.69, 9.17) is 14.2 Å². The highest BCUT2D eigenvalue weighted by Crippen LogP contribution is 2.62. The Morgan fingerprint density at radius 1 is 0.658 bits per heavy atom. The van der Waals surface area contributed by atoms with Crippen molar-refractivity contribution in [1.82, 2.24) is 5.32 Å². The molecule has 0 saturated carbocycles. The van der Waals surface area contributed by atoms with Gasteiger partial charge in [0.2, 0.25) is 0 Å². The first-order chi connectivity index (χ1) is 17.5. The van der Waals surface area contributed by atoms with Crippen LogP contribution >= 0.6 is 0 Å².